The molecule has 0 unspecified atom stereocenters. The molecule has 24 heavy (non-hydrogen) atoms. The van der Waals surface area contributed by atoms with E-state index in [0.29, 0.717) is 21.5 Å². The topological polar surface area (TPSA) is 81.5 Å². The lowest BCUT2D eigenvalue weighted by Gasteiger charge is -2.25. The zero-order chi connectivity index (χ0) is 17.9. The van der Waals surface area contributed by atoms with Crippen LogP contribution in [0.1, 0.15) is 13.8 Å². The number of nitrogens with one attached hydrogen (secondary N) is 1. The molecule has 0 aliphatic heterocycles. The first-order valence-electron chi connectivity index (χ1n) is 6.89. The van der Waals surface area contributed by atoms with Gasteiger partial charge < -0.3 is 10.1 Å². The number of hydrogen-bond donors (Lipinski definition) is 1. The Labute approximate surface area is 148 Å². The molecule has 0 aliphatic rings. The second-order valence-electron chi connectivity index (χ2n) is 5.44. The summed E-state index contributed by atoms with van der Waals surface area (Å²) in [5, 5.41) is 14.1. The zero-order valence-corrected chi connectivity index (χ0v) is 14.4. The van der Waals surface area contributed by atoms with E-state index >= 15 is 0 Å². The molecule has 2 aromatic rings. The number of hydrogen-bond acceptors (Lipinski definition) is 4. The van der Waals surface area contributed by atoms with Crippen LogP contribution in [0, 0.1) is 10.1 Å². The normalized spacial score (nSPS) is 11.0. The zero-order valence-electron chi connectivity index (χ0n) is 12.9. The van der Waals surface area contributed by atoms with Crippen molar-refractivity contribution in [3.8, 4) is 5.75 Å². The van der Waals surface area contributed by atoms with E-state index in [0.717, 1.165) is 0 Å². The summed E-state index contributed by atoms with van der Waals surface area (Å²) in [6, 6.07) is 10.2. The molecule has 0 saturated heterocycles. The van der Waals surface area contributed by atoms with Gasteiger partial charge in [-0.15, -0.1) is 0 Å². The van der Waals surface area contributed by atoms with E-state index in [1.165, 1.54) is 30.3 Å². The SMILES string of the molecule is CC(C)(Oc1ccc([N+](=O)[O-])cc1)C(=O)Nc1ccc(Cl)cc1Cl. The molecule has 0 bridgehead atoms. The van der Waals surface area contributed by atoms with Gasteiger partial charge in [-0.3, -0.25) is 14.9 Å². The molecule has 0 spiro atoms. The van der Waals surface area contributed by atoms with Crippen LogP contribution in [0.5, 0.6) is 5.75 Å². The lowest BCUT2D eigenvalue weighted by molar-refractivity contribution is -0.384. The highest BCUT2D eigenvalue weighted by Crippen LogP contribution is 2.27. The van der Waals surface area contributed by atoms with Gasteiger partial charge in [0.05, 0.1) is 15.6 Å². The largest absolute Gasteiger partial charge is 0.478 e. The molecule has 1 amide bonds. The molecular formula is C16H14Cl2N2O4. The Balaban J connectivity index is 2.10. The summed E-state index contributed by atoms with van der Waals surface area (Å²) in [5.74, 6) is -0.0898. The smallest absolute Gasteiger partial charge is 0.269 e. The van der Waals surface area contributed by atoms with E-state index in [1.54, 1.807) is 26.0 Å². The maximum atomic E-state index is 12.4. The Morgan fingerprint density at radius 2 is 1.79 bits per heavy atom. The van der Waals surface area contributed by atoms with Crippen molar-refractivity contribution in [1.82, 2.24) is 0 Å². The number of benzene rings is 2. The van der Waals surface area contributed by atoms with Gasteiger partial charge in [-0.1, -0.05) is 23.2 Å². The highest BCUT2D eigenvalue weighted by Gasteiger charge is 2.30. The van der Waals surface area contributed by atoms with Gasteiger partial charge in [-0.25, -0.2) is 0 Å². The van der Waals surface area contributed by atoms with Crippen molar-refractivity contribution in [1.29, 1.82) is 0 Å². The minimum Gasteiger partial charge on any atom is -0.478 e. The summed E-state index contributed by atoms with van der Waals surface area (Å²) in [7, 11) is 0. The Morgan fingerprint density at radius 3 is 2.33 bits per heavy atom. The Morgan fingerprint density at radius 1 is 1.17 bits per heavy atom. The fraction of sp³-hybridized carbons (Fsp3) is 0.188. The molecule has 0 aromatic heterocycles. The number of anilines is 1. The van der Waals surface area contributed by atoms with Gasteiger partial charge in [0.25, 0.3) is 11.6 Å². The van der Waals surface area contributed by atoms with Crippen molar-refractivity contribution in [2.75, 3.05) is 5.32 Å². The fourth-order valence-electron chi connectivity index (χ4n) is 1.84. The van der Waals surface area contributed by atoms with Gasteiger partial charge >= 0.3 is 0 Å². The average Bonchev–Trinajstić information content (AvgIpc) is 2.50. The van der Waals surface area contributed by atoms with Crippen LogP contribution >= 0.6 is 23.2 Å². The second-order valence-corrected chi connectivity index (χ2v) is 6.29. The van der Waals surface area contributed by atoms with E-state index in [2.05, 4.69) is 5.32 Å². The van der Waals surface area contributed by atoms with Crippen molar-refractivity contribution >= 4 is 40.5 Å². The summed E-state index contributed by atoms with van der Waals surface area (Å²) in [6.45, 7) is 3.15. The molecule has 0 atom stereocenters. The summed E-state index contributed by atoms with van der Waals surface area (Å²) in [6.07, 6.45) is 0. The van der Waals surface area contributed by atoms with E-state index in [-0.39, 0.29) is 5.69 Å². The first kappa shape index (κ1) is 18.0. The van der Waals surface area contributed by atoms with Gasteiger partial charge in [0.15, 0.2) is 5.60 Å². The molecule has 1 N–H and O–H groups in total. The lowest BCUT2D eigenvalue weighted by atomic mass is 10.1. The third-order valence-electron chi connectivity index (χ3n) is 3.15. The second kappa shape index (κ2) is 7.07. The van der Waals surface area contributed by atoms with E-state index in [9.17, 15) is 14.9 Å². The van der Waals surface area contributed by atoms with Gasteiger partial charge in [0.2, 0.25) is 0 Å². The summed E-state index contributed by atoms with van der Waals surface area (Å²) >= 11 is 11.8. The predicted molar refractivity (Wildman–Crippen MR) is 92.9 cm³/mol. The molecule has 0 heterocycles. The average molecular weight is 369 g/mol. The number of rotatable bonds is 5. The summed E-state index contributed by atoms with van der Waals surface area (Å²) < 4.78 is 5.63. The molecule has 0 radical (unpaired) electrons. The molecule has 8 heteroatoms. The Bertz CT molecular complexity index is 776. The predicted octanol–water partition coefficient (Wildman–Crippen LogP) is 4.70. The maximum absolute atomic E-state index is 12.4. The van der Waals surface area contributed by atoms with Crippen LogP contribution in [0.25, 0.3) is 0 Å². The van der Waals surface area contributed by atoms with Crippen LogP contribution < -0.4 is 10.1 Å². The van der Waals surface area contributed by atoms with E-state index < -0.39 is 16.4 Å². The quantitative estimate of drug-likeness (QED) is 0.612. The Hall–Kier alpha value is -2.31. The van der Waals surface area contributed by atoms with Crippen LogP contribution in [0.4, 0.5) is 11.4 Å². The number of nitrogens with zero attached hydrogens (tertiary/aromatic N) is 1. The monoisotopic (exact) mass is 368 g/mol. The first-order valence-corrected chi connectivity index (χ1v) is 7.64. The molecule has 126 valence electrons. The van der Waals surface area contributed by atoms with Crippen LogP contribution in [0.2, 0.25) is 10.0 Å². The van der Waals surface area contributed by atoms with E-state index in [4.69, 9.17) is 27.9 Å². The van der Waals surface area contributed by atoms with Crippen LogP contribution in [-0.2, 0) is 4.79 Å². The standard InChI is InChI=1S/C16H14Cl2N2O4/c1-16(2,24-12-6-4-11(5-7-12)20(22)23)15(21)19-14-8-3-10(17)9-13(14)18/h3-9H,1-2H3,(H,19,21). The highest BCUT2D eigenvalue weighted by molar-refractivity contribution is 6.36. The number of carbonyl (C=O) groups excluding carboxylic acids is 1. The third kappa shape index (κ3) is 4.37. The lowest BCUT2D eigenvalue weighted by Crippen LogP contribution is -2.42. The number of carbonyl (C=O) groups is 1. The van der Waals surface area contributed by atoms with E-state index in [1.807, 2.05) is 0 Å². The molecule has 0 fully saturated rings. The molecule has 2 rings (SSSR count). The van der Waals surface area contributed by atoms with Gasteiger partial charge in [0, 0.05) is 17.2 Å². The van der Waals surface area contributed by atoms with Gasteiger partial charge in [-0.2, -0.15) is 0 Å². The number of nitro benzene ring substituents is 1. The van der Waals surface area contributed by atoms with Crippen LogP contribution in [0.15, 0.2) is 42.5 Å². The fourth-order valence-corrected chi connectivity index (χ4v) is 2.30. The number of halogens is 2. The molecule has 0 aliphatic carbocycles. The summed E-state index contributed by atoms with van der Waals surface area (Å²) in [4.78, 5) is 22.5. The number of ether oxygens (including phenoxy) is 1. The van der Waals surface area contributed by atoms with Crippen LogP contribution in [-0.4, -0.2) is 16.4 Å². The van der Waals surface area contributed by atoms with Gasteiger partial charge in [-0.05, 0) is 44.2 Å². The van der Waals surface area contributed by atoms with Crippen molar-refractivity contribution in [3.63, 3.8) is 0 Å². The van der Waals surface area contributed by atoms with Crippen molar-refractivity contribution in [3.05, 3.63) is 62.6 Å². The minimum absolute atomic E-state index is 0.0578. The maximum Gasteiger partial charge on any atom is 0.269 e. The van der Waals surface area contributed by atoms with Crippen molar-refractivity contribution < 1.29 is 14.5 Å². The van der Waals surface area contributed by atoms with Gasteiger partial charge in [0.1, 0.15) is 5.75 Å². The Kier molecular flexibility index (Phi) is 5.31. The third-order valence-corrected chi connectivity index (χ3v) is 3.69. The number of non-ortho nitro benzene ring substituents is 1. The van der Waals surface area contributed by atoms with Crippen LogP contribution in [0.3, 0.4) is 0 Å². The molecule has 0 saturated carbocycles. The number of nitro groups is 1. The number of amides is 1. The minimum atomic E-state index is -1.22. The summed E-state index contributed by atoms with van der Waals surface area (Å²) in [5.41, 5.74) is -0.872. The van der Waals surface area contributed by atoms with Crippen molar-refractivity contribution in [2.45, 2.75) is 19.4 Å². The molecule has 2 aromatic carbocycles. The molecular weight excluding hydrogens is 355 g/mol. The highest BCUT2D eigenvalue weighted by atomic mass is 35.5. The van der Waals surface area contributed by atoms with Crippen molar-refractivity contribution in [2.24, 2.45) is 0 Å². The molecule has 6 nitrogen and oxygen atoms in total. The first-order chi connectivity index (χ1) is 11.2.